The lowest BCUT2D eigenvalue weighted by molar-refractivity contribution is -0.119. The van der Waals surface area contributed by atoms with E-state index < -0.39 is 5.92 Å². The van der Waals surface area contributed by atoms with Crippen LogP contribution >= 0.6 is 0 Å². The summed E-state index contributed by atoms with van der Waals surface area (Å²) in [7, 11) is 1.58. The van der Waals surface area contributed by atoms with Crippen LogP contribution in [-0.2, 0) is 4.79 Å². The number of nitrogens with zero attached hydrogens (tertiary/aromatic N) is 4. The molecule has 3 N–H and O–H groups in total. The second-order valence-electron chi connectivity index (χ2n) is 10.2. The molecule has 6 rings (SSSR count). The van der Waals surface area contributed by atoms with E-state index in [-0.39, 0.29) is 11.8 Å². The Bertz CT molecular complexity index is 1390. The van der Waals surface area contributed by atoms with Gasteiger partial charge in [-0.3, -0.25) is 15.0 Å². The maximum absolute atomic E-state index is 13.9. The number of aromatic amines is 2. The minimum Gasteiger partial charge on any atom is -0.480 e. The summed E-state index contributed by atoms with van der Waals surface area (Å²) in [5.74, 6) is 2.46. The second kappa shape index (κ2) is 9.46. The molecule has 1 atom stereocenters. The average molecular weight is 498 g/mol. The standard InChI is InChI=1S/C28H31N7O2/c1-15-22(16(2)33-32-15)17-10-12-20(13-11-17)30-27(36)24(23(18-6-7-18)19-8-9-19)26-31-25(34-35-26)21-5-4-14-29-28(21)37-3/h4-5,10-14,18-19,23-24H,6-9H2,1-3H3,(H,30,36)(H,32,33)(H,31,34,35). The summed E-state index contributed by atoms with van der Waals surface area (Å²) in [5.41, 5.74) is 5.60. The molecule has 0 aliphatic heterocycles. The third-order valence-corrected chi connectivity index (χ3v) is 7.57. The Kier molecular flexibility index (Phi) is 5.98. The fourth-order valence-corrected chi connectivity index (χ4v) is 5.55. The van der Waals surface area contributed by atoms with Gasteiger partial charge in [-0.05, 0) is 87.1 Å². The molecule has 3 aromatic heterocycles. The van der Waals surface area contributed by atoms with E-state index >= 15 is 0 Å². The molecule has 2 saturated carbocycles. The molecule has 0 spiro atoms. The van der Waals surface area contributed by atoms with Crippen molar-refractivity contribution in [3.8, 4) is 28.4 Å². The predicted molar refractivity (Wildman–Crippen MR) is 140 cm³/mol. The number of H-pyrrole nitrogens is 2. The van der Waals surface area contributed by atoms with Gasteiger partial charge in [-0.1, -0.05) is 12.1 Å². The van der Waals surface area contributed by atoms with Crippen LogP contribution in [0.1, 0.15) is 48.8 Å². The predicted octanol–water partition coefficient (Wildman–Crippen LogP) is 5.04. The maximum Gasteiger partial charge on any atom is 0.235 e. The number of anilines is 1. The van der Waals surface area contributed by atoms with E-state index in [9.17, 15) is 4.79 Å². The topological polar surface area (TPSA) is 121 Å². The first-order chi connectivity index (χ1) is 18.0. The molecule has 190 valence electrons. The van der Waals surface area contributed by atoms with Gasteiger partial charge in [0.2, 0.25) is 11.8 Å². The first-order valence-corrected chi connectivity index (χ1v) is 12.9. The number of methoxy groups -OCH3 is 1. The Hall–Kier alpha value is -4.01. The van der Waals surface area contributed by atoms with Crippen LogP contribution in [0.4, 0.5) is 5.69 Å². The number of carbonyl (C=O) groups excluding carboxylic acids is 1. The van der Waals surface area contributed by atoms with E-state index in [0.717, 1.165) is 28.2 Å². The Morgan fingerprint density at radius 2 is 1.76 bits per heavy atom. The second-order valence-corrected chi connectivity index (χ2v) is 10.2. The molecule has 1 aromatic carbocycles. The zero-order chi connectivity index (χ0) is 25.5. The van der Waals surface area contributed by atoms with Crippen molar-refractivity contribution in [2.75, 3.05) is 12.4 Å². The maximum atomic E-state index is 13.9. The molecule has 0 saturated heterocycles. The largest absolute Gasteiger partial charge is 0.480 e. The van der Waals surface area contributed by atoms with Crippen LogP contribution in [0.2, 0.25) is 0 Å². The number of carbonyl (C=O) groups is 1. The lowest BCUT2D eigenvalue weighted by Crippen LogP contribution is -2.31. The fourth-order valence-electron chi connectivity index (χ4n) is 5.55. The first kappa shape index (κ1) is 23.4. The Morgan fingerprint density at radius 3 is 2.38 bits per heavy atom. The average Bonchev–Trinajstić information content (AvgIpc) is 3.85. The minimum atomic E-state index is -0.401. The SMILES string of the molecule is COc1ncccc1-c1n[nH]c(C(C(=O)Nc2ccc(-c3c(C)n[nH]c3C)cc2)C(C2CC2)C2CC2)n1. The molecule has 0 radical (unpaired) electrons. The van der Waals surface area contributed by atoms with Crippen molar-refractivity contribution in [1.82, 2.24) is 30.4 Å². The number of benzene rings is 1. The zero-order valence-electron chi connectivity index (χ0n) is 21.3. The smallest absolute Gasteiger partial charge is 0.235 e. The molecule has 2 aliphatic carbocycles. The molecule has 1 amide bonds. The fraction of sp³-hybridized carbons (Fsp3) is 0.393. The molecule has 3 heterocycles. The van der Waals surface area contributed by atoms with Gasteiger partial charge in [-0.15, -0.1) is 0 Å². The molecule has 9 heteroatoms. The van der Waals surface area contributed by atoms with Crippen molar-refractivity contribution in [3.05, 3.63) is 59.8 Å². The highest BCUT2D eigenvalue weighted by molar-refractivity contribution is 5.96. The summed E-state index contributed by atoms with van der Waals surface area (Å²) >= 11 is 0. The Balaban J connectivity index is 1.29. The van der Waals surface area contributed by atoms with Crippen LogP contribution < -0.4 is 10.1 Å². The van der Waals surface area contributed by atoms with Gasteiger partial charge in [0.05, 0.1) is 18.4 Å². The summed E-state index contributed by atoms with van der Waals surface area (Å²) in [6.45, 7) is 4.00. The number of hydrogen-bond donors (Lipinski definition) is 3. The van der Waals surface area contributed by atoms with Crippen LogP contribution in [0.5, 0.6) is 5.88 Å². The number of pyridine rings is 1. The zero-order valence-corrected chi connectivity index (χ0v) is 21.3. The molecule has 2 fully saturated rings. The minimum absolute atomic E-state index is 0.0481. The van der Waals surface area contributed by atoms with Gasteiger partial charge in [0.25, 0.3) is 0 Å². The van der Waals surface area contributed by atoms with Gasteiger partial charge in [0.15, 0.2) is 5.82 Å². The van der Waals surface area contributed by atoms with Gasteiger partial charge in [-0.2, -0.15) is 10.2 Å². The van der Waals surface area contributed by atoms with Crippen LogP contribution in [0.15, 0.2) is 42.6 Å². The quantitative estimate of drug-likeness (QED) is 0.298. The van der Waals surface area contributed by atoms with Gasteiger partial charge in [0.1, 0.15) is 11.7 Å². The third-order valence-electron chi connectivity index (χ3n) is 7.57. The lowest BCUT2D eigenvalue weighted by atomic mass is 9.82. The summed E-state index contributed by atoms with van der Waals surface area (Å²) in [6.07, 6.45) is 6.34. The Labute approximate surface area is 215 Å². The number of aryl methyl sites for hydroxylation is 2. The van der Waals surface area contributed by atoms with Crippen molar-refractivity contribution in [2.24, 2.45) is 17.8 Å². The van der Waals surface area contributed by atoms with Crippen molar-refractivity contribution in [2.45, 2.75) is 45.4 Å². The van der Waals surface area contributed by atoms with Crippen molar-refractivity contribution < 1.29 is 9.53 Å². The van der Waals surface area contributed by atoms with Crippen LogP contribution in [0.3, 0.4) is 0 Å². The number of nitrogens with one attached hydrogen (secondary N) is 3. The molecular weight excluding hydrogens is 466 g/mol. The van der Waals surface area contributed by atoms with Crippen LogP contribution in [0.25, 0.3) is 22.5 Å². The summed E-state index contributed by atoms with van der Waals surface area (Å²) in [4.78, 5) is 22.9. The van der Waals surface area contributed by atoms with Crippen molar-refractivity contribution in [3.63, 3.8) is 0 Å². The van der Waals surface area contributed by atoms with E-state index in [0.29, 0.717) is 34.9 Å². The van der Waals surface area contributed by atoms with E-state index in [1.165, 1.54) is 25.7 Å². The third kappa shape index (κ3) is 4.61. The summed E-state index contributed by atoms with van der Waals surface area (Å²) in [6, 6.07) is 11.6. The Morgan fingerprint density at radius 1 is 1.03 bits per heavy atom. The van der Waals surface area contributed by atoms with E-state index in [4.69, 9.17) is 9.72 Å². The van der Waals surface area contributed by atoms with Crippen molar-refractivity contribution >= 4 is 11.6 Å². The van der Waals surface area contributed by atoms with Gasteiger partial charge >= 0.3 is 0 Å². The van der Waals surface area contributed by atoms with Gasteiger partial charge in [-0.25, -0.2) is 9.97 Å². The highest BCUT2D eigenvalue weighted by Crippen LogP contribution is 2.54. The molecule has 9 nitrogen and oxygen atoms in total. The first-order valence-electron chi connectivity index (χ1n) is 12.9. The number of amides is 1. The van der Waals surface area contributed by atoms with Gasteiger partial charge < -0.3 is 10.1 Å². The highest BCUT2D eigenvalue weighted by atomic mass is 16.5. The number of ether oxygens (including phenoxy) is 1. The molecule has 2 aliphatic rings. The highest BCUT2D eigenvalue weighted by Gasteiger charge is 2.49. The van der Waals surface area contributed by atoms with Crippen LogP contribution in [0, 0.1) is 31.6 Å². The van der Waals surface area contributed by atoms with E-state index in [1.807, 2.05) is 50.2 Å². The number of hydrogen-bond acceptors (Lipinski definition) is 6. The number of aromatic nitrogens is 6. The normalized spacial score (nSPS) is 16.1. The van der Waals surface area contributed by atoms with E-state index in [2.05, 4.69) is 30.7 Å². The number of rotatable bonds is 9. The van der Waals surface area contributed by atoms with E-state index in [1.54, 1.807) is 13.3 Å². The monoisotopic (exact) mass is 497 g/mol. The molecule has 37 heavy (non-hydrogen) atoms. The molecule has 0 bridgehead atoms. The summed E-state index contributed by atoms with van der Waals surface area (Å²) < 4.78 is 5.40. The van der Waals surface area contributed by atoms with Crippen molar-refractivity contribution in [1.29, 1.82) is 0 Å². The lowest BCUT2D eigenvalue weighted by Gasteiger charge is -2.25. The van der Waals surface area contributed by atoms with Crippen LogP contribution in [-0.4, -0.2) is 43.4 Å². The molecule has 1 unspecified atom stereocenters. The summed E-state index contributed by atoms with van der Waals surface area (Å²) in [5, 5.41) is 18.1. The molecular formula is C28H31N7O2. The molecule has 4 aromatic rings. The van der Waals surface area contributed by atoms with Gasteiger partial charge in [0, 0.05) is 23.1 Å².